The molecule has 0 spiro atoms. The van der Waals surface area contributed by atoms with E-state index in [1.165, 1.54) is 0 Å². The van der Waals surface area contributed by atoms with Gasteiger partial charge in [0.25, 0.3) is 0 Å². The lowest BCUT2D eigenvalue weighted by Crippen LogP contribution is -2.32. The number of hydrogen-bond donors (Lipinski definition) is 3. The molecule has 6 nitrogen and oxygen atoms in total. The van der Waals surface area contributed by atoms with Crippen LogP contribution in [0.5, 0.6) is 5.75 Å². The number of hydrogen-bond acceptors (Lipinski definition) is 3. The molecule has 0 radical (unpaired) electrons. The van der Waals surface area contributed by atoms with E-state index in [0.717, 1.165) is 11.3 Å². The Morgan fingerprint density at radius 1 is 1.00 bits per heavy atom. The maximum absolute atomic E-state index is 11.9. The smallest absolute Gasteiger partial charge is 0.319 e. The fourth-order valence-corrected chi connectivity index (χ4v) is 2.14. The number of amides is 3. The summed E-state index contributed by atoms with van der Waals surface area (Å²) >= 11 is 0. The Bertz CT molecular complexity index is 742. The van der Waals surface area contributed by atoms with Gasteiger partial charge in [0.05, 0.1) is 6.54 Å². The predicted molar refractivity (Wildman–Crippen MR) is 104 cm³/mol. The largest absolute Gasteiger partial charge is 0.492 e. The summed E-state index contributed by atoms with van der Waals surface area (Å²) in [7, 11) is 0. The quantitative estimate of drug-likeness (QED) is 0.661. The zero-order valence-corrected chi connectivity index (χ0v) is 15.3. The number of rotatable bonds is 7. The van der Waals surface area contributed by atoms with Gasteiger partial charge in [-0.05, 0) is 48.9 Å². The highest BCUT2D eigenvalue weighted by molar-refractivity contribution is 5.93. The topological polar surface area (TPSA) is 79.5 Å². The summed E-state index contributed by atoms with van der Waals surface area (Å²) in [6, 6.07) is 14.4. The molecule has 2 aromatic carbocycles. The van der Waals surface area contributed by atoms with E-state index in [0.29, 0.717) is 24.5 Å². The zero-order chi connectivity index (χ0) is 18.9. The molecule has 26 heavy (non-hydrogen) atoms. The second-order valence-electron chi connectivity index (χ2n) is 6.27. The van der Waals surface area contributed by atoms with Crippen LogP contribution in [0.3, 0.4) is 0 Å². The molecule has 6 heteroatoms. The van der Waals surface area contributed by atoms with Crippen LogP contribution in [0, 0.1) is 12.8 Å². The normalized spacial score (nSPS) is 10.3. The molecule has 2 aromatic rings. The average Bonchev–Trinajstić information content (AvgIpc) is 2.60. The van der Waals surface area contributed by atoms with Crippen LogP contribution in [0.2, 0.25) is 0 Å². The van der Waals surface area contributed by atoms with Crippen LogP contribution in [0.4, 0.5) is 16.2 Å². The maximum atomic E-state index is 11.9. The van der Waals surface area contributed by atoms with E-state index in [4.69, 9.17) is 4.74 Å². The van der Waals surface area contributed by atoms with Crippen LogP contribution in [0.1, 0.15) is 19.4 Å². The molecule has 0 aromatic heterocycles. The highest BCUT2D eigenvalue weighted by Crippen LogP contribution is 2.14. The molecule has 0 aliphatic rings. The first-order valence-electron chi connectivity index (χ1n) is 8.59. The first-order valence-corrected chi connectivity index (χ1v) is 8.59. The molecule has 0 saturated carbocycles. The molecule has 0 fully saturated rings. The van der Waals surface area contributed by atoms with Gasteiger partial charge in [-0.3, -0.25) is 4.79 Å². The molecular formula is C20H25N3O3. The number of ether oxygens (including phenoxy) is 1. The van der Waals surface area contributed by atoms with Crippen molar-refractivity contribution in [3.8, 4) is 5.75 Å². The van der Waals surface area contributed by atoms with Crippen LogP contribution in [0.25, 0.3) is 0 Å². The number of nitrogens with one attached hydrogen (secondary N) is 3. The minimum absolute atomic E-state index is 0.0444. The minimum Gasteiger partial charge on any atom is -0.492 e. The molecule has 0 bridgehead atoms. The van der Waals surface area contributed by atoms with E-state index in [9.17, 15) is 9.59 Å². The lowest BCUT2D eigenvalue weighted by molar-refractivity contribution is -0.118. The molecule has 3 amide bonds. The van der Waals surface area contributed by atoms with E-state index in [2.05, 4.69) is 16.0 Å². The molecule has 2 rings (SSSR count). The van der Waals surface area contributed by atoms with E-state index in [1.807, 2.05) is 45.0 Å². The molecule has 138 valence electrons. The summed E-state index contributed by atoms with van der Waals surface area (Å²) in [5, 5.41) is 8.27. The fourth-order valence-electron chi connectivity index (χ4n) is 2.14. The van der Waals surface area contributed by atoms with Crippen molar-refractivity contribution in [1.29, 1.82) is 0 Å². The second-order valence-corrected chi connectivity index (χ2v) is 6.27. The number of carbonyl (C=O) groups excluding carboxylic acids is 2. The first kappa shape index (κ1) is 19.3. The number of aryl methyl sites for hydroxylation is 1. The summed E-state index contributed by atoms with van der Waals surface area (Å²) in [5.74, 6) is 0.656. The van der Waals surface area contributed by atoms with Gasteiger partial charge in [0.2, 0.25) is 5.91 Å². The Morgan fingerprint density at radius 3 is 2.27 bits per heavy atom. The Morgan fingerprint density at radius 2 is 1.65 bits per heavy atom. The third-order valence-electron chi connectivity index (χ3n) is 3.58. The number of benzene rings is 2. The van der Waals surface area contributed by atoms with Crippen LogP contribution < -0.4 is 20.7 Å². The van der Waals surface area contributed by atoms with E-state index >= 15 is 0 Å². The summed E-state index contributed by atoms with van der Waals surface area (Å²) in [6.45, 7) is 6.44. The van der Waals surface area contributed by atoms with Crippen molar-refractivity contribution in [2.45, 2.75) is 20.8 Å². The first-order chi connectivity index (χ1) is 12.4. The molecule has 0 heterocycles. The van der Waals surface area contributed by atoms with Crippen LogP contribution in [-0.4, -0.2) is 25.1 Å². The Kier molecular flexibility index (Phi) is 7.02. The second kappa shape index (κ2) is 9.46. The number of carbonyl (C=O) groups is 2. The van der Waals surface area contributed by atoms with Crippen LogP contribution in [0.15, 0.2) is 48.5 Å². The predicted octanol–water partition coefficient (Wildman–Crippen LogP) is 3.79. The molecule has 0 saturated heterocycles. The zero-order valence-electron chi connectivity index (χ0n) is 15.3. The van der Waals surface area contributed by atoms with Gasteiger partial charge in [-0.25, -0.2) is 4.79 Å². The van der Waals surface area contributed by atoms with Crippen LogP contribution in [-0.2, 0) is 4.79 Å². The van der Waals surface area contributed by atoms with Gasteiger partial charge in [-0.15, -0.1) is 0 Å². The average molecular weight is 355 g/mol. The number of urea groups is 1. The van der Waals surface area contributed by atoms with E-state index < -0.39 is 0 Å². The molecule has 3 N–H and O–H groups in total. The van der Waals surface area contributed by atoms with E-state index in [-0.39, 0.29) is 17.9 Å². The minimum atomic E-state index is -0.309. The SMILES string of the molecule is Cc1cccc(OCCNC(=O)Nc2ccc(NC(=O)C(C)C)cc2)c1. The summed E-state index contributed by atoms with van der Waals surface area (Å²) in [5.41, 5.74) is 2.46. The van der Waals surface area contributed by atoms with Gasteiger partial charge in [0.1, 0.15) is 12.4 Å². The fraction of sp³-hybridized carbons (Fsp3) is 0.300. The van der Waals surface area contributed by atoms with Gasteiger partial charge in [0.15, 0.2) is 0 Å². The van der Waals surface area contributed by atoms with Gasteiger partial charge in [-0.2, -0.15) is 0 Å². The summed E-state index contributed by atoms with van der Waals surface area (Å²) in [6.07, 6.45) is 0. The Labute approximate surface area is 153 Å². The molecule has 0 atom stereocenters. The maximum Gasteiger partial charge on any atom is 0.319 e. The van der Waals surface area contributed by atoms with Gasteiger partial charge >= 0.3 is 6.03 Å². The number of anilines is 2. The standard InChI is InChI=1S/C20H25N3O3/c1-14(2)19(24)22-16-7-9-17(10-8-16)23-20(25)21-11-12-26-18-6-4-5-15(3)13-18/h4-10,13-14H,11-12H2,1-3H3,(H,22,24)(H2,21,23,25). The van der Waals surface area contributed by atoms with Gasteiger partial charge in [-0.1, -0.05) is 26.0 Å². The van der Waals surface area contributed by atoms with Crippen molar-refractivity contribution >= 4 is 23.3 Å². The van der Waals surface area contributed by atoms with Crippen molar-refractivity contribution in [3.63, 3.8) is 0 Å². The molecular weight excluding hydrogens is 330 g/mol. The van der Waals surface area contributed by atoms with Gasteiger partial charge in [0, 0.05) is 17.3 Å². The van der Waals surface area contributed by atoms with Crippen molar-refractivity contribution in [2.24, 2.45) is 5.92 Å². The third-order valence-corrected chi connectivity index (χ3v) is 3.58. The van der Waals surface area contributed by atoms with E-state index in [1.54, 1.807) is 24.3 Å². The van der Waals surface area contributed by atoms with Crippen LogP contribution >= 0.6 is 0 Å². The highest BCUT2D eigenvalue weighted by atomic mass is 16.5. The molecule has 0 aliphatic carbocycles. The Balaban J connectivity index is 1.71. The van der Waals surface area contributed by atoms with Gasteiger partial charge < -0.3 is 20.7 Å². The Hall–Kier alpha value is -3.02. The lowest BCUT2D eigenvalue weighted by atomic mass is 10.2. The summed E-state index contributed by atoms with van der Waals surface area (Å²) in [4.78, 5) is 23.5. The molecule has 0 unspecified atom stereocenters. The molecule has 0 aliphatic heterocycles. The monoisotopic (exact) mass is 355 g/mol. The summed E-state index contributed by atoms with van der Waals surface area (Å²) < 4.78 is 5.58. The highest BCUT2D eigenvalue weighted by Gasteiger charge is 2.07. The van der Waals surface area contributed by atoms with Crippen molar-refractivity contribution in [1.82, 2.24) is 5.32 Å². The van der Waals surface area contributed by atoms with Crippen molar-refractivity contribution in [3.05, 3.63) is 54.1 Å². The van der Waals surface area contributed by atoms with Crippen molar-refractivity contribution < 1.29 is 14.3 Å². The third kappa shape index (κ3) is 6.47. The van der Waals surface area contributed by atoms with Crippen molar-refractivity contribution in [2.75, 3.05) is 23.8 Å². The lowest BCUT2D eigenvalue weighted by Gasteiger charge is -2.11.